The minimum atomic E-state index is -0.452. The van der Waals surface area contributed by atoms with E-state index in [9.17, 15) is 9.59 Å². The van der Waals surface area contributed by atoms with Crippen molar-refractivity contribution >= 4 is 45.4 Å². The molecule has 0 amide bonds. The van der Waals surface area contributed by atoms with Crippen molar-refractivity contribution in [2.24, 2.45) is 5.92 Å². The lowest BCUT2D eigenvalue weighted by atomic mass is 10.2. The van der Waals surface area contributed by atoms with Gasteiger partial charge in [-0.1, -0.05) is 11.3 Å². The predicted octanol–water partition coefficient (Wildman–Crippen LogP) is 1.37. The van der Waals surface area contributed by atoms with Gasteiger partial charge >= 0.3 is 10.8 Å². The van der Waals surface area contributed by atoms with E-state index in [2.05, 4.69) is 9.97 Å². The smallest absolute Gasteiger partial charge is 0.311 e. The van der Waals surface area contributed by atoms with Gasteiger partial charge in [0, 0.05) is 12.7 Å². The molecule has 2 N–H and O–H groups in total. The third-order valence-electron chi connectivity index (χ3n) is 4.02. The number of carbonyl (C=O) groups excluding carboxylic acids is 1. The average Bonchev–Trinajstić information content (AvgIpc) is 3.16. The molecule has 0 radical (unpaired) electrons. The number of carbonyl (C=O) groups is 1. The van der Waals surface area contributed by atoms with Gasteiger partial charge < -0.3 is 15.2 Å². The number of nitrogens with zero attached hydrogens (tertiary/aromatic N) is 3. The highest BCUT2D eigenvalue weighted by Crippen LogP contribution is 2.44. The summed E-state index contributed by atoms with van der Waals surface area (Å²) in [5.41, 5.74) is 5.86. The summed E-state index contributed by atoms with van der Waals surface area (Å²) in [4.78, 5) is 31.6. The molecule has 2 aromatic rings. The molecule has 8 nitrogen and oxygen atoms in total. The third-order valence-corrected chi connectivity index (χ3v) is 6.08. The number of esters is 1. The Bertz CT molecular complexity index is 847. The lowest BCUT2D eigenvalue weighted by molar-refractivity contribution is -0.154. The molecule has 24 heavy (non-hydrogen) atoms. The second kappa shape index (κ2) is 6.01. The molecule has 10 heteroatoms. The topological polar surface area (TPSA) is 109 Å². The zero-order chi connectivity index (χ0) is 16.8. The number of thiazole rings is 1. The van der Waals surface area contributed by atoms with Crippen LogP contribution in [0.25, 0.3) is 10.3 Å². The van der Waals surface area contributed by atoms with Gasteiger partial charge in [-0.2, -0.15) is 4.98 Å². The van der Waals surface area contributed by atoms with E-state index in [-0.39, 0.29) is 28.3 Å². The van der Waals surface area contributed by atoms with E-state index in [0.29, 0.717) is 22.0 Å². The minimum absolute atomic E-state index is 0.118. The van der Waals surface area contributed by atoms with Crippen molar-refractivity contribution in [2.45, 2.75) is 37.5 Å². The van der Waals surface area contributed by atoms with Crippen LogP contribution in [0.4, 0.5) is 5.95 Å². The van der Waals surface area contributed by atoms with Crippen LogP contribution in [0.5, 0.6) is 0 Å². The van der Waals surface area contributed by atoms with Crippen LogP contribution < -0.4 is 10.6 Å². The molecule has 1 saturated heterocycles. The summed E-state index contributed by atoms with van der Waals surface area (Å²) < 4.78 is 13.7. The highest BCUT2D eigenvalue weighted by Gasteiger charge is 2.44. The Hall–Kier alpha value is -1.65. The van der Waals surface area contributed by atoms with E-state index >= 15 is 0 Å². The van der Waals surface area contributed by atoms with E-state index in [1.807, 2.05) is 0 Å². The SMILES string of the molecule is CC(=O)O[C@@H](C1CC1)[C@H]1O[C@H](n2c(=O)sc3cnc(N)nc32)CS1. The first-order valence-corrected chi connectivity index (χ1v) is 9.47. The van der Waals surface area contributed by atoms with Crippen LogP contribution in [-0.4, -0.2) is 37.8 Å². The zero-order valence-electron chi connectivity index (χ0n) is 12.9. The fourth-order valence-corrected chi connectivity index (χ4v) is 4.90. The van der Waals surface area contributed by atoms with Gasteiger partial charge in [0.15, 0.2) is 5.65 Å². The van der Waals surface area contributed by atoms with Gasteiger partial charge in [-0.3, -0.25) is 14.2 Å². The summed E-state index contributed by atoms with van der Waals surface area (Å²) >= 11 is 2.62. The van der Waals surface area contributed by atoms with E-state index in [1.165, 1.54) is 11.5 Å². The van der Waals surface area contributed by atoms with E-state index in [0.717, 1.165) is 24.2 Å². The maximum Gasteiger partial charge on any atom is 0.311 e. The Morgan fingerprint density at radius 2 is 2.33 bits per heavy atom. The first kappa shape index (κ1) is 15.9. The Morgan fingerprint density at radius 1 is 1.54 bits per heavy atom. The lowest BCUT2D eigenvalue weighted by Crippen LogP contribution is -2.32. The van der Waals surface area contributed by atoms with Crippen LogP contribution in [0, 0.1) is 5.92 Å². The quantitative estimate of drug-likeness (QED) is 0.806. The Kier molecular flexibility index (Phi) is 3.97. The van der Waals surface area contributed by atoms with E-state index < -0.39 is 6.23 Å². The fraction of sp³-hybridized carbons (Fsp3) is 0.571. The van der Waals surface area contributed by atoms with Gasteiger partial charge in [0.05, 0.1) is 10.9 Å². The molecular formula is C14H16N4O4S2. The van der Waals surface area contributed by atoms with Crippen molar-refractivity contribution in [3.8, 4) is 0 Å². The summed E-state index contributed by atoms with van der Waals surface area (Å²) in [5, 5.41) is 0. The highest BCUT2D eigenvalue weighted by molar-refractivity contribution is 8.00. The maximum atomic E-state index is 12.3. The Balaban J connectivity index is 1.61. The molecule has 3 atom stereocenters. The van der Waals surface area contributed by atoms with Gasteiger partial charge in [0.25, 0.3) is 0 Å². The van der Waals surface area contributed by atoms with Crippen LogP contribution >= 0.6 is 23.1 Å². The Morgan fingerprint density at radius 3 is 3.04 bits per heavy atom. The van der Waals surface area contributed by atoms with Crippen molar-refractivity contribution in [3.05, 3.63) is 15.9 Å². The number of fused-ring (bicyclic) bond motifs is 1. The minimum Gasteiger partial charge on any atom is -0.459 e. The number of rotatable bonds is 4. The van der Waals surface area contributed by atoms with Gasteiger partial charge in [-0.05, 0) is 18.8 Å². The average molecular weight is 368 g/mol. The number of thioether (sulfide) groups is 1. The predicted molar refractivity (Wildman–Crippen MR) is 90.7 cm³/mol. The maximum absolute atomic E-state index is 12.3. The van der Waals surface area contributed by atoms with E-state index in [4.69, 9.17) is 15.2 Å². The fourth-order valence-electron chi connectivity index (χ4n) is 2.81. The van der Waals surface area contributed by atoms with Crippen molar-refractivity contribution in [2.75, 3.05) is 11.5 Å². The Labute approximate surface area is 145 Å². The summed E-state index contributed by atoms with van der Waals surface area (Å²) in [6.07, 6.45) is 2.90. The summed E-state index contributed by atoms with van der Waals surface area (Å²) in [5.74, 6) is 0.745. The van der Waals surface area contributed by atoms with Crippen LogP contribution in [0.15, 0.2) is 11.0 Å². The normalized spacial score (nSPS) is 25.0. The van der Waals surface area contributed by atoms with Gasteiger partial charge in [-0.25, -0.2) is 4.98 Å². The molecule has 0 unspecified atom stereocenters. The monoisotopic (exact) mass is 368 g/mol. The molecule has 1 aliphatic carbocycles. The molecule has 0 bridgehead atoms. The van der Waals surface area contributed by atoms with E-state index in [1.54, 1.807) is 18.0 Å². The van der Waals surface area contributed by atoms with Crippen molar-refractivity contribution in [3.63, 3.8) is 0 Å². The number of hydrogen-bond acceptors (Lipinski definition) is 9. The number of nitrogens with two attached hydrogens (primary N) is 1. The van der Waals surface area contributed by atoms with Crippen molar-refractivity contribution in [1.82, 2.24) is 14.5 Å². The largest absolute Gasteiger partial charge is 0.459 e. The van der Waals surface area contributed by atoms with Gasteiger partial charge in [-0.15, -0.1) is 11.8 Å². The lowest BCUT2D eigenvalue weighted by Gasteiger charge is -2.22. The molecule has 0 spiro atoms. The van der Waals surface area contributed by atoms with Crippen LogP contribution in [0.3, 0.4) is 0 Å². The molecule has 2 aliphatic rings. The standard InChI is InChI=1S/C14H16N4O4S2/c1-6(19)21-10(7-2-3-7)12-22-9(5-23-12)18-11-8(24-14(18)20)4-16-13(15)17-11/h4,7,9-10,12H,2-3,5H2,1H3,(H2,15,16,17)/t9-,10-,12-/m0/s1. The second-order valence-corrected chi connectivity index (χ2v) is 7.98. The molecule has 1 aliphatic heterocycles. The first-order valence-electron chi connectivity index (χ1n) is 7.61. The second-order valence-electron chi connectivity index (χ2n) is 5.86. The molecule has 2 aromatic heterocycles. The summed E-state index contributed by atoms with van der Waals surface area (Å²) in [7, 11) is 0. The molecule has 4 rings (SSSR count). The van der Waals surface area contributed by atoms with Crippen LogP contribution in [0.2, 0.25) is 0 Å². The van der Waals surface area contributed by atoms with Crippen molar-refractivity contribution in [1.29, 1.82) is 0 Å². The molecule has 3 heterocycles. The molecule has 1 saturated carbocycles. The number of anilines is 1. The number of aromatic nitrogens is 3. The number of hydrogen-bond donors (Lipinski definition) is 1. The van der Waals surface area contributed by atoms with Gasteiger partial charge in [0.2, 0.25) is 5.95 Å². The zero-order valence-corrected chi connectivity index (χ0v) is 14.5. The van der Waals surface area contributed by atoms with Crippen LogP contribution in [-0.2, 0) is 14.3 Å². The molecule has 0 aromatic carbocycles. The van der Waals surface area contributed by atoms with Gasteiger partial charge in [0.1, 0.15) is 17.8 Å². The summed E-state index contributed by atoms with van der Waals surface area (Å²) in [6.45, 7) is 1.41. The van der Waals surface area contributed by atoms with Crippen LogP contribution in [0.1, 0.15) is 26.0 Å². The number of nitrogen functional groups attached to an aromatic ring is 1. The summed E-state index contributed by atoms with van der Waals surface area (Å²) in [6, 6.07) is 0. The molecule has 128 valence electrons. The van der Waals surface area contributed by atoms with Crippen molar-refractivity contribution < 1.29 is 14.3 Å². The third kappa shape index (κ3) is 2.89. The molecular weight excluding hydrogens is 352 g/mol. The molecule has 2 fully saturated rings. The first-order chi connectivity index (χ1) is 11.5. The number of ether oxygens (including phenoxy) is 2. The highest BCUT2D eigenvalue weighted by atomic mass is 32.2.